The van der Waals surface area contributed by atoms with Crippen LogP contribution >= 0.6 is 15.6 Å². The quantitative estimate of drug-likeness (QED) is 0.0127. The number of carbonyl (C=O) groups is 2. The Morgan fingerprint density at radius 2 is 0.984 bits per heavy atom. The predicted molar refractivity (Wildman–Crippen MR) is 254 cm³/mol. The molecule has 0 aromatic rings. The number of carbonyl (C=O) groups excluding carboxylic acids is 2. The lowest BCUT2D eigenvalue weighted by atomic mass is 10.2. The Balaban J connectivity index is 4.78. The minimum Gasteiger partial charge on any atom is -0.462 e. The number of hydrogen-bond donors (Lipinski definition) is 5. The summed E-state index contributed by atoms with van der Waals surface area (Å²) in [6, 6.07) is 0. The molecule has 64 heavy (non-hydrogen) atoms. The van der Waals surface area contributed by atoms with Crippen LogP contribution in [-0.2, 0) is 41.8 Å². The standard InChI is InChI=1S/C48H74O14P2/c1-3-5-7-8-9-10-11-12-13-14-15-16-17-18-22-25-28-31-34-38-47(51)58-42-46(43-61-64(56,57)60-41-45(50)40-59-63(53,54)55)62-48(52)39-35-32-29-26-23-20-19-21-24-27-30-33-37-44(49)36-6-4-2/h5-7,9-10,12-13,15-16,18-20,22,24,26-31,33,36,44-46,49-50H,3-4,8,11,14,17,21,23,25,32,34-35,37-43H2,1-2H3,(H,56,57)(H2,53,54,55)/b7-5-,10-9-,13-12-,16-15-,20-19-,22-18-,27-24-,29-26-,31-28-,33-30+,36-6-/t44?,45-,46+/m0/s1. The first-order valence-corrected chi connectivity index (χ1v) is 25.0. The third-order valence-corrected chi connectivity index (χ3v) is 9.55. The molecule has 0 saturated heterocycles. The molecule has 360 valence electrons. The van der Waals surface area contributed by atoms with Crippen LogP contribution in [0.15, 0.2) is 134 Å². The summed E-state index contributed by atoms with van der Waals surface area (Å²) in [7, 11) is -9.75. The molecule has 0 bridgehead atoms. The maximum Gasteiger partial charge on any atom is 0.472 e. The van der Waals surface area contributed by atoms with E-state index in [4.69, 9.17) is 23.8 Å². The summed E-state index contributed by atoms with van der Waals surface area (Å²) in [5.74, 6) is -1.24. The molecule has 5 N–H and O–H groups in total. The predicted octanol–water partition coefficient (Wildman–Crippen LogP) is 10.4. The topological polar surface area (TPSA) is 216 Å². The third kappa shape index (κ3) is 44.8. The fraction of sp³-hybridized carbons (Fsp3) is 0.500. The van der Waals surface area contributed by atoms with Crippen molar-refractivity contribution in [2.45, 2.75) is 128 Å². The number of unbranched alkanes of at least 4 members (excludes halogenated alkanes) is 1. The van der Waals surface area contributed by atoms with Crippen LogP contribution in [0.2, 0.25) is 0 Å². The van der Waals surface area contributed by atoms with Crippen LogP contribution in [-0.4, -0.2) is 81.6 Å². The maximum atomic E-state index is 12.6. The van der Waals surface area contributed by atoms with Crippen molar-refractivity contribution in [3.05, 3.63) is 134 Å². The van der Waals surface area contributed by atoms with Crippen LogP contribution in [0.3, 0.4) is 0 Å². The van der Waals surface area contributed by atoms with Crippen LogP contribution in [0.4, 0.5) is 0 Å². The van der Waals surface area contributed by atoms with Gasteiger partial charge in [0.15, 0.2) is 6.10 Å². The Kier molecular flexibility index (Phi) is 39.4. The molecule has 0 rings (SSSR count). The first kappa shape index (κ1) is 60.2. The van der Waals surface area contributed by atoms with Gasteiger partial charge < -0.3 is 34.4 Å². The zero-order valence-electron chi connectivity index (χ0n) is 37.7. The smallest absolute Gasteiger partial charge is 0.462 e. The van der Waals surface area contributed by atoms with Crippen molar-refractivity contribution >= 4 is 27.6 Å². The lowest BCUT2D eigenvalue weighted by Crippen LogP contribution is -2.29. The molecule has 14 nitrogen and oxygen atoms in total. The molecule has 0 amide bonds. The summed E-state index contributed by atoms with van der Waals surface area (Å²) in [5, 5.41) is 19.5. The molecule has 0 aromatic heterocycles. The van der Waals surface area contributed by atoms with E-state index in [0.717, 1.165) is 44.9 Å². The van der Waals surface area contributed by atoms with Gasteiger partial charge in [-0.3, -0.25) is 23.2 Å². The zero-order valence-corrected chi connectivity index (χ0v) is 39.5. The average Bonchev–Trinajstić information content (AvgIpc) is 3.25. The van der Waals surface area contributed by atoms with Crippen LogP contribution < -0.4 is 0 Å². The molecule has 0 saturated carbocycles. The summed E-state index contributed by atoms with van der Waals surface area (Å²) in [6.07, 6.45) is 50.9. The molecule has 4 atom stereocenters. The number of aliphatic hydroxyl groups excluding tert-OH is 2. The van der Waals surface area contributed by atoms with Gasteiger partial charge in [-0.25, -0.2) is 9.13 Å². The van der Waals surface area contributed by atoms with E-state index in [2.05, 4.69) is 70.7 Å². The molecule has 0 heterocycles. The molecular weight excluding hydrogens is 862 g/mol. The number of rotatable bonds is 39. The van der Waals surface area contributed by atoms with E-state index in [-0.39, 0.29) is 12.8 Å². The fourth-order valence-corrected chi connectivity index (χ4v) is 6.00. The summed E-state index contributed by atoms with van der Waals surface area (Å²) in [4.78, 5) is 52.7. The van der Waals surface area contributed by atoms with Crippen molar-refractivity contribution in [2.75, 3.05) is 26.4 Å². The first-order valence-electron chi connectivity index (χ1n) is 22.0. The molecule has 2 unspecified atom stereocenters. The molecule has 0 aliphatic heterocycles. The second-order valence-electron chi connectivity index (χ2n) is 14.1. The Hall–Kier alpha value is -3.78. The number of aliphatic hydroxyl groups is 2. The molecule has 16 heteroatoms. The summed E-state index contributed by atoms with van der Waals surface area (Å²) >= 11 is 0. The minimum absolute atomic E-state index is 0.0105. The molecule has 0 aromatic carbocycles. The average molecular weight is 937 g/mol. The van der Waals surface area contributed by atoms with Gasteiger partial charge in [-0.2, -0.15) is 0 Å². The van der Waals surface area contributed by atoms with Crippen LogP contribution in [0.25, 0.3) is 0 Å². The highest BCUT2D eigenvalue weighted by Crippen LogP contribution is 2.43. The second-order valence-corrected chi connectivity index (χ2v) is 16.7. The lowest BCUT2D eigenvalue weighted by Gasteiger charge is -2.20. The van der Waals surface area contributed by atoms with Gasteiger partial charge in [0, 0.05) is 12.8 Å². The number of hydrogen-bond acceptors (Lipinski definition) is 11. The number of ether oxygens (including phenoxy) is 2. The molecule has 0 fully saturated rings. The molecule has 0 aliphatic carbocycles. The monoisotopic (exact) mass is 936 g/mol. The van der Waals surface area contributed by atoms with E-state index in [1.54, 1.807) is 6.08 Å². The van der Waals surface area contributed by atoms with E-state index < -0.39 is 72.3 Å². The van der Waals surface area contributed by atoms with Gasteiger partial charge in [-0.15, -0.1) is 0 Å². The normalized spacial score (nSPS) is 15.7. The molecule has 0 aliphatic rings. The highest BCUT2D eigenvalue weighted by Gasteiger charge is 2.28. The van der Waals surface area contributed by atoms with E-state index in [1.165, 1.54) is 0 Å². The van der Waals surface area contributed by atoms with Crippen molar-refractivity contribution in [1.29, 1.82) is 0 Å². The van der Waals surface area contributed by atoms with Crippen LogP contribution in [0.1, 0.15) is 110 Å². The Morgan fingerprint density at radius 3 is 1.53 bits per heavy atom. The van der Waals surface area contributed by atoms with Crippen molar-refractivity contribution in [1.82, 2.24) is 0 Å². The van der Waals surface area contributed by atoms with Crippen molar-refractivity contribution < 1.29 is 66.7 Å². The van der Waals surface area contributed by atoms with Crippen molar-refractivity contribution in [3.8, 4) is 0 Å². The highest BCUT2D eigenvalue weighted by molar-refractivity contribution is 7.47. The van der Waals surface area contributed by atoms with E-state index >= 15 is 0 Å². The Labute approximate surface area is 381 Å². The van der Waals surface area contributed by atoms with E-state index in [0.29, 0.717) is 38.5 Å². The first-order chi connectivity index (χ1) is 30.8. The van der Waals surface area contributed by atoms with Gasteiger partial charge in [-0.1, -0.05) is 148 Å². The number of phosphoric acid groups is 2. The third-order valence-electron chi connectivity index (χ3n) is 8.11. The molecular formula is C48H74O14P2. The molecule has 0 spiro atoms. The molecule has 0 radical (unpaired) electrons. The number of allylic oxidation sites excluding steroid dienone is 20. The number of esters is 2. The maximum absolute atomic E-state index is 12.6. The van der Waals surface area contributed by atoms with Gasteiger partial charge in [0.2, 0.25) is 0 Å². The Bertz CT molecular complexity index is 1650. The number of phosphoric ester groups is 2. The van der Waals surface area contributed by atoms with Gasteiger partial charge in [-0.05, 0) is 83.5 Å². The SMILES string of the molecule is CC/C=C\C/C=C\C/C=C\C/C=C\C/C=C\C/C=C\CCC(=O)OC[C@H](COP(=O)(O)OC[C@@H](O)COP(=O)(O)O)OC(=O)CCC/C=C\C/C=C\C/C=C\C=C\CC(O)/C=C\CC. The second kappa shape index (κ2) is 41.9. The van der Waals surface area contributed by atoms with Gasteiger partial charge >= 0.3 is 27.6 Å². The Morgan fingerprint density at radius 1 is 0.516 bits per heavy atom. The van der Waals surface area contributed by atoms with Crippen LogP contribution in [0.5, 0.6) is 0 Å². The minimum atomic E-state index is -4.89. The van der Waals surface area contributed by atoms with Gasteiger partial charge in [0.1, 0.15) is 12.7 Å². The zero-order chi connectivity index (χ0) is 47.4. The largest absolute Gasteiger partial charge is 0.472 e. The fourth-order valence-electron chi connectivity index (χ4n) is 4.84. The van der Waals surface area contributed by atoms with Gasteiger partial charge in [0.05, 0.1) is 25.9 Å². The summed E-state index contributed by atoms with van der Waals surface area (Å²) in [5.41, 5.74) is 0. The van der Waals surface area contributed by atoms with Crippen LogP contribution in [0, 0.1) is 0 Å². The summed E-state index contributed by atoms with van der Waals surface area (Å²) in [6.45, 7) is 1.22. The van der Waals surface area contributed by atoms with E-state index in [1.807, 2.05) is 79.8 Å². The summed E-state index contributed by atoms with van der Waals surface area (Å²) < 4.78 is 47.6. The van der Waals surface area contributed by atoms with Gasteiger partial charge in [0.25, 0.3) is 0 Å². The van der Waals surface area contributed by atoms with E-state index in [9.17, 15) is 33.8 Å². The van der Waals surface area contributed by atoms with Crippen molar-refractivity contribution in [2.24, 2.45) is 0 Å². The highest BCUT2D eigenvalue weighted by atomic mass is 31.2. The van der Waals surface area contributed by atoms with Crippen molar-refractivity contribution in [3.63, 3.8) is 0 Å². The lowest BCUT2D eigenvalue weighted by molar-refractivity contribution is -0.161.